The summed E-state index contributed by atoms with van der Waals surface area (Å²) in [5.74, 6) is 0.426. The van der Waals surface area contributed by atoms with Crippen LogP contribution in [0.3, 0.4) is 0 Å². The molecule has 2 N–H and O–H groups in total. The molecule has 1 aliphatic rings. The zero-order valence-electron chi connectivity index (χ0n) is 11.3. The molecule has 21 heavy (non-hydrogen) atoms. The number of halogens is 1. The SMILES string of the molecule is CCCNc1nc(Cl)nc(Sc2n[nH]c(=O)n2C2CC2)n1. The van der Waals surface area contributed by atoms with Crippen LogP contribution in [0.5, 0.6) is 0 Å². The van der Waals surface area contributed by atoms with E-state index in [0.717, 1.165) is 25.8 Å². The van der Waals surface area contributed by atoms with Gasteiger partial charge in [0.25, 0.3) is 0 Å². The van der Waals surface area contributed by atoms with E-state index in [9.17, 15) is 4.79 Å². The van der Waals surface area contributed by atoms with E-state index in [0.29, 0.717) is 16.3 Å². The average molecular weight is 328 g/mol. The smallest absolute Gasteiger partial charge is 0.344 e. The van der Waals surface area contributed by atoms with E-state index in [-0.39, 0.29) is 17.0 Å². The summed E-state index contributed by atoms with van der Waals surface area (Å²) in [5, 5.41) is 10.6. The van der Waals surface area contributed by atoms with Gasteiger partial charge in [0, 0.05) is 12.6 Å². The Bertz CT molecular complexity index is 696. The van der Waals surface area contributed by atoms with E-state index in [1.54, 1.807) is 4.57 Å². The Kier molecular flexibility index (Phi) is 4.11. The molecule has 0 unspecified atom stereocenters. The van der Waals surface area contributed by atoms with Crippen molar-refractivity contribution >= 4 is 29.3 Å². The number of hydrogen-bond donors (Lipinski definition) is 2. The Balaban J connectivity index is 1.84. The second-order valence-electron chi connectivity index (χ2n) is 4.65. The molecule has 10 heteroatoms. The van der Waals surface area contributed by atoms with Crippen molar-refractivity contribution in [2.24, 2.45) is 0 Å². The van der Waals surface area contributed by atoms with Crippen molar-refractivity contribution in [3.63, 3.8) is 0 Å². The standard InChI is InChI=1S/C11H14ClN7OS/c1-2-5-13-8-14-7(12)15-9(16-8)21-11-18-17-10(20)19(11)6-3-4-6/h6H,2-5H2,1H3,(H,17,20)(H,13,14,15,16). The third-order valence-electron chi connectivity index (χ3n) is 2.89. The molecule has 3 rings (SSSR count). The number of rotatable bonds is 6. The molecule has 0 saturated heterocycles. The first kappa shape index (κ1) is 14.3. The highest BCUT2D eigenvalue weighted by atomic mass is 35.5. The predicted octanol–water partition coefficient (Wildman–Crippen LogP) is 1.72. The van der Waals surface area contributed by atoms with Crippen LogP contribution < -0.4 is 11.0 Å². The molecular formula is C11H14ClN7OS. The quantitative estimate of drug-likeness (QED) is 0.832. The second kappa shape index (κ2) is 6.02. The van der Waals surface area contributed by atoms with Gasteiger partial charge in [0.1, 0.15) is 0 Å². The Morgan fingerprint density at radius 2 is 2.24 bits per heavy atom. The normalized spacial score (nSPS) is 14.4. The Morgan fingerprint density at radius 1 is 1.43 bits per heavy atom. The molecule has 2 heterocycles. The first-order valence-electron chi connectivity index (χ1n) is 6.67. The van der Waals surface area contributed by atoms with Crippen LogP contribution in [-0.2, 0) is 0 Å². The van der Waals surface area contributed by atoms with Crippen molar-refractivity contribution in [3.05, 3.63) is 15.8 Å². The lowest BCUT2D eigenvalue weighted by Crippen LogP contribution is -2.16. The summed E-state index contributed by atoms with van der Waals surface area (Å²) < 4.78 is 1.64. The van der Waals surface area contributed by atoms with Gasteiger partial charge in [-0.05, 0) is 42.6 Å². The molecule has 0 amide bonds. The maximum Gasteiger partial charge on any atom is 0.344 e. The van der Waals surface area contributed by atoms with E-state index in [2.05, 4.69) is 30.5 Å². The van der Waals surface area contributed by atoms with Gasteiger partial charge in [-0.1, -0.05) is 6.92 Å². The van der Waals surface area contributed by atoms with E-state index >= 15 is 0 Å². The van der Waals surface area contributed by atoms with Crippen LogP contribution in [0.25, 0.3) is 0 Å². The van der Waals surface area contributed by atoms with Gasteiger partial charge in [-0.15, -0.1) is 5.10 Å². The molecule has 8 nitrogen and oxygen atoms in total. The van der Waals surface area contributed by atoms with Gasteiger partial charge in [0.2, 0.25) is 16.4 Å². The van der Waals surface area contributed by atoms with E-state index in [1.807, 2.05) is 6.92 Å². The summed E-state index contributed by atoms with van der Waals surface area (Å²) in [5.41, 5.74) is -0.204. The zero-order valence-corrected chi connectivity index (χ0v) is 12.9. The lowest BCUT2D eigenvalue weighted by atomic mass is 10.5. The Morgan fingerprint density at radius 3 is 2.95 bits per heavy atom. The van der Waals surface area contributed by atoms with Crippen molar-refractivity contribution in [2.75, 3.05) is 11.9 Å². The van der Waals surface area contributed by atoms with Crippen molar-refractivity contribution in [3.8, 4) is 0 Å². The average Bonchev–Trinajstić information content (AvgIpc) is 3.21. The van der Waals surface area contributed by atoms with Gasteiger partial charge < -0.3 is 5.32 Å². The Labute approximate surface area is 129 Å². The fourth-order valence-electron chi connectivity index (χ4n) is 1.79. The number of nitrogens with zero attached hydrogens (tertiary/aromatic N) is 5. The van der Waals surface area contributed by atoms with Crippen molar-refractivity contribution in [1.82, 2.24) is 29.7 Å². The van der Waals surface area contributed by atoms with Crippen molar-refractivity contribution < 1.29 is 0 Å². The van der Waals surface area contributed by atoms with Crippen LogP contribution in [0.15, 0.2) is 15.1 Å². The van der Waals surface area contributed by atoms with Crippen LogP contribution in [-0.4, -0.2) is 36.3 Å². The van der Waals surface area contributed by atoms with Crippen molar-refractivity contribution in [2.45, 2.75) is 42.5 Å². The Hall–Kier alpha value is -1.61. The molecule has 0 aliphatic heterocycles. The molecule has 1 aliphatic carbocycles. The molecular weight excluding hydrogens is 314 g/mol. The summed E-state index contributed by atoms with van der Waals surface area (Å²) in [6.45, 7) is 2.79. The summed E-state index contributed by atoms with van der Waals surface area (Å²) in [7, 11) is 0. The summed E-state index contributed by atoms with van der Waals surface area (Å²) in [6, 6.07) is 0.230. The fourth-order valence-corrected chi connectivity index (χ4v) is 2.85. The number of aromatic nitrogens is 6. The topological polar surface area (TPSA) is 101 Å². The van der Waals surface area contributed by atoms with Crippen LogP contribution in [0, 0.1) is 0 Å². The molecule has 112 valence electrons. The molecule has 2 aromatic heterocycles. The second-order valence-corrected chi connectivity index (χ2v) is 5.92. The predicted molar refractivity (Wildman–Crippen MR) is 78.9 cm³/mol. The number of hydrogen-bond acceptors (Lipinski definition) is 7. The maximum absolute atomic E-state index is 11.7. The van der Waals surface area contributed by atoms with Gasteiger partial charge in [-0.25, -0.2) is 9.89 Å². The zero-order chi connectivity index (χ0) is 14.8. The van der Waals surface area contributed by atoms with Gasteiger partial charge >= 0.3 is 5.69 Å². The van der Waals surface area contributed by atoms with Gasteiger partial charge in [0.05, 0.1) is 0 Å². The monoisotopic (exact) mass is 327 g/mol. The molecule has 0 aromatic carbocycles. The van der Waals surface area contributed by atoms with Gasteiger partial charge in [0.15, 0.2) is 5.16 Å². The number of H-pyrrole nitrogens is 1. The molecule has 1 saturated carbocycles. The highest BCUT2D eigenvalue weighted by molar-refractivity contribution is 7.99. The molecule has 0 spiro atoms. The van der Waals surface area contributed by atoms with Crippen LogP contribution in [0.2, 0.25) is 5.28 Å². The summed E-state index contributed by atoms with van der Waals surface area (Å²) in [4.78, 5) is 24.1. The lowest BCUT2D eigenvalue weighted by Gasteiger charge is -2.05. The van der Waals surface area contributed by atoms with Crippen molar-refractivity contribution in [1.29, 1.82) is 0 Å². The minimum absolute atomic E-state index is 0.113. The van der Waals surface area contributed by atoms with Gasteiger partial charge in [-0.2, -0.15) is 15.0 Å². The third kappa shape index (κ3) is 3.35. The molecule has 0 radical (unpaired) electrons. The first-order valence-corrected chi connectivity index (χ1v) is 7.87. The largest absolute Gasteiger partial charge is 0.354 e. The van der Waals surface area contributed by atoms with Crippen LogP contribution in [0.4, 0.5) is 5.95 Å². The lowest BCUT2D eigenvalue weighted by molar-refractivity contribution is 0.641. The molecule has 0 atom stereocenters. The minimum atomic E-state index is -0.204. The van der Waals surface area contributed by atoms with E-state index < -0.39 is 0 Å². The van der Waals surface area contributed by atoms with E-state index in [4.69, 9.17) is 11.6 Å². The van der Waals surface area contributed by atoms with Crippen LogP contribution >= 0.6 is 23.4 Å². The molecule has 0 bridgehead atoms. The molecule has 1 fully saturated rings. The number of anilines is 1. The highest BCUT2D eigenvalue weighted by Gasteiger charge is 2.29. The van der Waals surface area contributed by atoms with E-state index in [1.165, 1.54) is 11.8 Å². The van der Waals surface area contributed by atoms with Crippen LogP contribution in [0.1, 0.15) is 32.2 Å². The first-order chi connectivity index (χ1) is 10.2. The molecule has 2 aromatic rings. The fraction of sp³-hybridized carbons (Fsp3) is 0.545. The van der Waals surface area contributed by atoms with Gasteiger partial charge in [-0.3, -0.25) is 4.57 Å². The number of aromatic amines is 1. The summed E-state index contributed by atoms with van der Waals surface area (Å²) in [6.07, 6.45) is 2.94. The minimum Gasteiger partial charge on any atom is -0.354 e. The summed E-state index contributed by atoms with van der Waals surface area (Å²) >= 11 is 7.10. The number of nitrogens with one attached hydrogen (secondary N) is 2. The third-order valence-corrected chi connectivity index (χ3v) is 3.89. The highest BCUT2D eigenvalue weighted by Crippen LogP contribution is 2.37. The maximum atomic E-state index is 11.7.